The van der Waals surface area contributed by atoms with Gasteiger partial charge in [-0.2, -0.15) is 0 Å². The van der Waals surface area contributed by atoms with Crippen LogP contribution in [0.15, 0.2) is 30.3 Å². The Balaban J connectivity index is 2.24. The zero-order valence-electron chi connectivity index (χ0n) is 11.9. The molecule has 0 saturated carbocycles. The number of hydrogen-bond acceptors (Lipinski definition) is 4. The maximum atomic E-state index is 11.8. The summed E-state index contributed by atoms with van der Waals surface area (Å²) >= 11 is 1.28. The van der Waals surface area contributed by atoms with Gasteiger partial charge in [0, 0.05) is 25.6 Å². The topological polar surface area (TPSA) is 74.7 Å². The number of ketones is 1. The number of rotatable bonds is 9. The molecule has 0 aliphatic rings. The molecule has 0 unspecified atom stereocenters. The highest BCUT2D eigenvalue weighted by Gasteiger charge is 2.11. The van der Waals surface area contributed by atoms with Crippen molar-refractivity contribution in [1.82, 2.24) is 4.90 Å². The lowest BCUT2D eigenvalue weighted by atomic mass is 10.2. The van der Waals surface area contributed by atoms with Crippen molar-refractivity contribution in [2.75, 3.05) is 25.1 Å². The first-order chi connectivity index (χ1) is 10.0. The van der Waals surface area contributed by atoms with E-state index in [1.807, 2.05) is 6.07 Å². The van der Waals surface area contributed by atoms with Gasteiger partial charge in [0.05, 0.1) is 11.5 Å². The summed E-state index contributed by atoms with van der Waals surface area (Å²) < 4.78 is 0. The quantitative estimate of drug-likeness (QED) is 0.705. The Labute approximate surface area is 128 Å². The van der Waals surface area contributed by atoms with E-state index >= 15 is 0 Å². The predicted octanol–water partition coefficient (Wildman–Crippen LogP) is 1.93. The minimum absolute atomic E-state index is 0.00179. The van der Waals surface area contributed by atoms with Crippen LogP contribution in [-0.2, 0) is 9.59 Å². The van der Waals surface area contributed by atoms with Crippen molar-refractivity contribution < 1.29 is 19.5 Å². The first-order valence-corrected chi connectivity index (χ1v) is 7.78. The number of Topliss-reactive ketones (excluding diaryl/α,β-unsaturated/α-hetero) is 1. The van der Waals surface area contributed by atoms with Crippen molar-refractivity contribution in [2.45, 2.75) is 12.8 Å². The molecule has 5 nitrogen and oxygen atoms in total. The fraction of sp³-hybridized carbons (Fsp3) is 0.400. The van der Waals surface area contributed by atoms with Crippen molar-refractivity contribution in [3.8, 4) is 0 Å². The van der Waals surface area contributed by atoms with Gasteiger partial charge in [-0.25, -0.2) is 0 Å². The predicted molar refractivity (Wildman–Crippen MR) is 82.6 cm³/mol. The van der Waals surface area contributed by atoms with Crippen LogP contribution in [-0.4, -0.2) is 52.8 Å². The molecule has 114 valence electrons. The summed E-state index contributed by atoms with van der Waals surface area (Å²) in [4.78, 5) is 35.5. The van der Waals surface area contributed by atoms with E-state index < -0.39 is 5.97 Å². The van der Waals surface area contributed by atoms with Crippen molar-refractivity contribution in [1.29, 1.82) is 0 Å². The highest BCUT2D eigenvalue weighted by Crippen LogP contribution is 2.08. The number of thioether (sulfide) groups is 1. The molecule has 0 fully saturated rings. The molecule has 0 atom stereocenters. The third-order valence-corrected chi connectivity index (χ3v) is 3.78. The Morgan fingerprint density at radius 2 is 1.81 bits per heavy atom. The average Bonchev–Trinajstić information content (AvgIpc) is 2.47. The first kappa shape index (κ1) is 17.2. The van der Waals surface area contributed by atoms with Crippen molar-refractivity contribution in [2.24, 2.45) is 0 Å². The number of carboxylic acid groups (broad SMARTS) is 1. The largest absolute Gasteiger partial charge is 0.481 e. The van der Waals surface area contributed by atoms with Crippen LogP contribution in [0.2, 0.25) is 0 Å². The van der Waals surface area contributed by atoms with Gasteiger partial charge >= 0.3 is 5.97 Å². The van der Waals surface area contributed by atoms with Crippen LogP contribution < -0.4 is 0 Å². The Morgan fingerprint density at radius 3 is 2.43 bits per heavy atom. The van der Waals surface area contributed by atoms with Crippen LogP contribution in [0.3, 0.4) is 0 Å². The molecule has 1 amide bonds. The van der Waals surface area contributed by atoms with Gasteiger partial charge in [-0.1, -0.05) is 30.3 Å². The number of benzene rings is 1. The maximum Gasteiger partial charge on any atom is 0.303 e. The van der Waals surface area contributed by atoms with Gasteiger partial charge < -0.3 is 10.0 Å². The molecule has 0 saturated heterocycles. The van der Waals surface area contributed by atoms with E-state index in [-0.39, 0.29) is 29.6 Å². The number of aliphatic carboxylic acids is 1. The second kappa shape index (κ2) is 9.18. The fourth-order valence-corrected chi connectivity index (χ4v) is 2.49. The van der Waals surface area contributed by atoms with Crippen LogP contribution in [0.1, 0.15) is 23.2 Å². The van der Waals surface area contributed by atoms with E-state index in [1.165, 1.54) is 16.7 Å². The lowest BCUT2D eigenvalue weighted by molar-refractivity contribution is -0.137. The van der Waals surface area contributed by atoms with E-state index in [0.717, 1.165) is 0 Å². The lowest BCUT2D eigenvalue weighted by Crippen LogP contribution is -2.29. The normalized spacial score (nSPS) is 10.1. The molecule has 1 aromatic carbocycles. The minimum atomic E-state index is -0.862. The summed E-state index contributed by atoms with van der Waals surface area (Å²) in [7, 11) is 1.64. The van der Waals surface area contributed by atoms with Crippen LogP contribution >= 0.6 is 11.8 Å². The molecule has 21 heavy (non-hydrogen) atoms. The van der Waals surface area contributed by atoms with Crippen molar-refractivity contribution in [3.63, 3.8) is 0 Å². The van der Waals surface area contributed by atoms with E-state index in [1.54, 1.807) is 31.3 Å². The molecule has 1 aromatic rings. The molecule has 0 aliphatic heterocycles. The summed E-state index contributed by atoms with van der Waals surface area (Å²) in [6.07, 6.45) is 0.489. The summed E-state index contributed by atoms with van der Waals surface area (Å²) in [5.41, 5.74) is 0.646. The van der Waals surface area contributed by atoms with Gasteiger partial charge in [-0.3, -0.25) is 14.4 Å². The number of carbonyl (C=O) groups excluding carboxylic acids is 2. The molecule has 1 rings (SSSR count). The van der Waals surface area contributed by atoms with E-state index in [9.17, 15) is 14.4 Å². The van der Waals surface area contributed by atoms with E-state index in [0.29, 0.717) is 18.5 Å². The summed E-state index contributed by atoms with van der Waals surface area (Å²) in [5.74, 6) is -0.465. The molecule has 0 aliphatic carbocycles. The van der Waals surface area contributed by atoms with Gasteiger partial charge in [0.25, 0.3) is 0 Å². The second-order valence-electron chi connectivity index (χ2n) is 4.59. The van der Waals surface area contributed by atoms with Crippen LogP contribution in [0.5, 0.6) is 0 Å². The molecule has 0 bridgehead atoms. The molecule has 0 heterocycles. The summed E-state index contributed by atoms with van der Waals surface area (Å²) in [6.45, 7) is 0.415. The third kappa shape index (κ3) is 6.94. The van der Waals surface area contributed by atoms with E-state index in [2.05, 4.69) is 0 Å². The zero-order valence-corrected chi connectivity index (χ0v) is 12.8. The molecule has 0 aromatic heterocycles. The molecule has 1 N–H and O–H groups in total. The van der Waals surface area contributed by atoms with Crippen LogP contribution in [0.25, 0.3) is 0 Å². The average molecular weight is 309 g/mol. The number of carboxylic acids is 1. The lowest BCUT2D eigenvalue weighted by Gasteiger charge is -2.16. The number of carbonyl (C=O) groups is 3. The molecule has 6 heteroatoms. The van der Waals surface area contributed by atoms with Crippen LogP contribution in [0, 0.1) is 0 Å². The maximum absolute atomic E-state index is 11.8. The monoisotopic (exact) mass is 309 g/mol. The third-order valence-electron chi connectivity index (χ3n) is 2.86. The molecule has 0 radical (unpaired) electrons. The number of amides is 1. The van der Waals surface area contributed by atoms with E-state index in [4.69, 9.17) is 5.11 Å². The highest BCUT2D eigenvalue weighted by atomic mass is 32.2. The Hall–Kier alpha value is -1.82. The standard InChI is InChI=1S/C15H19NO4S/c1-16(9-5-8-15(19)20)14(18)11-21-10-13(17)12-6-3-2-4-7-12/h2-4,6-7H,5,8-11H2,1H3,(H,19,20). The number of hydrogen-bond donors (Lipinski definition) is 1. The first-order valence-electron chi connectivity index (χ1n) is 6.62. The van der Waals surface area contributed by atoms with Crippen molar-refractivity contribution in [3.05, 3.63) is 35.9 Å². The molecule has 0 spiro atoms. The zero-order chi connectivity index (χ0) is 15.7. The van der Waals surface area contributed by atoms with Crippen LogP contribution in [0.4, 0.5) is 0 Å². The fourth-order valence-electron chi connectivity index (χ4n) is 1.64. The van der Waals surface area contributed by atoms with Crippen molar-refractivity contribution >= 4 is 29.4 Å². The van der Waals surface area contributed by atoms with Gasteiger partial charge in [0.1, 0.15) is 0 Å². The van der Waals surface area contributed by atoms with Gasteiger partial charge in [-0.05, 0) is 6.42 Å². The van der Waals surface area contributed by atoms with Gasteiger partial charge in [0.2, 0.25) is 5.91 Å². The van der Waals surface area contributed by atoms with Gasteiger partial charge in [0.15, 0.2) is 5.78 Å². The summed E-state index contributed by atoms with van der Waals surface area (Å²) in [6, 6.07) is 8.96. The second-order valence-corrected chi connectivity index (χ2v) is 5.58. The smallest absolute Gasteiger partial charge is 0.303 e. The minimum Gasteiger partial charge on any atom is -0.481 e. The number of nitrogens with zero attached hydrogens (tertiary/aromatic N) is 1. The highest BCUT2D eigenvalue weighted by molar-refractivity contribution is 8.00. The SMILES string of the molecule is CN(CCCC(=O)O)C(=O)CSCC(=O)c1ccccc1. The Bertz CT molecular complexity index is 490. The summed E-state index contributed by atoms with van der Waals surface area (Å²) in [5, 5.41) is 8.53. The van der Waals surface area contributed by atoms with Gasteiger partial charge in [-0.15, -0.1) is 11.8 Å². The Morgan fingerprint density at radius 1 is 1.14 bits per heavy atom. The molecular formula is C15H19NO4S. The Kier molecular flexibility index (Phi) is 7.53. The molecular weight excluding hydrogens is 290 g/mol.